The average molecular weight is 534 g/mol. The van der Waals surface area contributed by atoms with E-state index >= 15 is 0 Å². The lowest BCUT2D eigenvalue weighted by Gasteiger charge is -2.11. The van der Waals surface area contributed by atoms with E-state index in [2.05, 4.69) is 54.6 Å². The highest BCUT2D eigenvalue weighted by molar-refractivity contribution is 6.36. The standard InChI is InChI=1S/C35H20ClN3O/c36-29-19-18-27(31-26-12-6-7-13-30(26)40-32(29)31)35-38-33(23-9-2-1-3-10-23)37-34(39-35)24-17-16-22-15-14-21-8-4-5-11-25(21)28(22)20-24/h1-20H. The molecule has 0 fully saturated rings. The minimum atomic E-state index is 0.550. The number of hydrogen-bond donors (Lipinski definition) is 0. The third kappa shape index (κ3) is 3.65. The van der Waals surface area contributed by atoms with E-state index in [1.54, 1.807) is 0 Å². The molecule has 0 aliphatic heterocycles. The number of rotatable bonds is 3. The quantitative estimate of drug-likeness (QED) is 0.212. The molecule has 188 valence electrons. The van der Waals surface area contributed by atoms with Gasteiger partial charge in [-0.05, 0) is 45.8 Å². The Labute approximate surface area is 234 Å². The van der Waals surface area contributed by atoms with Gasteiger partial charge in [-0.1, -0.05) is 109 Å². The number of aromatic nitrogens is 3. The zero-order valence-electron chi connectivity index (χ0n) is 21.2. The van der Waals surface area contributed by atoms with Crippen LogP contribution >= 0.6 is 11.6 Å². The van der Waals surface area contributed by atoms with Gasteiger partial charge in [0.1, 0.15) is 5.58 Å². The van der Waals surface area contributed by atoms with Crippen molar-refractivity contribution in [3.8, 4) is 34.2 Å². The summed E-state index contributed by atoms with van der Waals surface area (Å²) in [6, 6.07) is 40.9. The molecule has 0 unspecified atom stereocenters. The van der Waals surface area contributed by atoms with E-state index in [4.69, 9.17) is 31.0 Å². The smallest absolute Gasteiger partial charge is 0.164 e. The molecule has 5 heteroatoms. The van der Waals surface area contributed by atoms with Crippen molar-refractivity contribution >= 4 is 55.1 Å². The van der Waals surface area contributed by atoms with Crippen LogP contribution in [0.1, 0.15) is 0 Å². The number of nitrogens with zero attached hydrogens (tertiary/aromatic N) is 3. The lowest BCUT2D eigenvalue weighted by Crippen LogP contribution is -2.00. The van der Waals surface area contributed by atoms with Crippen molar-refractivity contribution < 1.29 is 4.42 Å². The highest BCUT2D eigenvalue weighted by Gasteiger charge is 2.19. The molecule has 0 aliphatic rings. The minimum Gasteiger partial charge on any atom is -0.454 e. The Bertz CT molecular complexity index is 2240. The van der Waals surface area contributed by atoms with E-state index in [9.17, 15) is 0 Å². The van der Waals surface area contributed by atoms with Crippen molar-refractivity contribution in [2.45, 2.75) is 0 Å². The van der Waals surface area contributed by atoms with E-state index in [1.165, 1.54) is 16.2 Å². The van der Waals surface area contributed by atoms with Crippen molar-refractivity contribution in [1.29, 1.82) is 0 Å². The summed E-state index contributed by atoms with van der Waals surface area (Å²) in [6.07, 6.45) is 0. The predicted octanol–water partition coefficient (Wildman–Crippen LogP) is 9.73. The lowest BCUT2D eigenvalue weighted by molar-refractivity contribution is 0.669. The van der Waals surface area contributed by atoms with Crippen LogP contribution in [0.3, 0.4) is 0 Å². The molecule has 0 amide bonds. The molecule has 0 spiro atoms. The van der Waals surface area contributed by atoms with Gasteiger partial charge in [0.15, 0.2) is 23.1 Å². The molecule has 2 heterocycles. The Morgan fingerprint density at radius 3 is 2.00 bits per heavy atom. The number of fused-ring (bicyclic) bond motifs is 6. The molecule has 4 nitrogen and oxygen atoms in total. The molecule has 6 aromatic carbocycles. The molecule has 0 N–H and O–H groups in total. The fraction of sp³-hybridized carbons (Fsp3) is 0. The molecule has 8 aromatic rings. The van der Waals surface area contributed by atoms with Crippen molar-refractivity contribution in [2.24, 2.45) is 0 Å². The van der Waals surface area contributed by atoms with Crippen LogP contribution in [-0.4, -0.2) is 15.0 Å². The van der Waals surface area contributed by atoms with Gasteiger partial charge in [0.2, 0.25) is 0 Å². The summed E-state index contributed by atoms with van der Waals surface area (Å²) in [7, 11) is 0. The largest absolute Gasteiger partial charge is 0.454 e. The Hall–Kier alpha value is -5.06. The minimum absolute atomic E-state index is 0.550. The maximum atomic E-state index is 6.60. The zero-order chi connectivity index (χ0) is 26.6. The van der Waals surface area contributed by atoms with Crippen molar-refractivity contribution in [3.05, 3.63) is 126 Å². The van der Waals surface area contributed by atoms with Gasteiger partial charge in [-0.2, -0.15) is 0 Å². The van der Waals surface area contributed by atoms with Crippen molar-refractivity contribution in [3.63, 3.8) is 0 Å². The third-order valence-corrected chi connectivity index (χ3v) is 7.69. The fourth-order valence-electron chi connectivity index (χ4n) is 5.47. The molecule has 2 aromatic heterocycles. The highest BCUT2D eigenvalue weighted by Crippen LogP contribution is 2.40. The highest BCUT2D eigenvalue weighted by atomic mass is 35.5. The van der Waals surface area contributed by atoms with E-state index in [-0.39, 0.29) is 0 Å². The van der Waals surface area contributed by atoms with Gasteiger partial charge in [-0.25, -0.2) is 15.0 Å². The lowest BCUT2D eigenvalue weighted by atomic mass is 9.99. The monoisotopic (exact) mass is 533 g/mol. The van der Waals surface area contributed by atoms with E-state index in [0.717, 1.165) is 38.4 Å². The number of benzene rings is 6. The summed E-state index contributed by atoms with van der Waals surface area (Å²) in [5.41, 5.74) is 4.08. The summed E-state index contributed by atoms with van der Waals surface area (Å²) in [5.74, 6) is 1.78. The van der Waals surface area contributed by atoms with Crippen LogP contribution < -0.4 is 0 Å². The number of para-hydroxylation sites is 1. The van der Waals surface area contributed by atoms with Gasteiger partial charge < -0.3 is 4.42 Å². The van der Waals surface area contributed by atoms with Crippen LogP contribution in [0.2, 0.25) is 5.02 Å². The maximum absolute atomic E-state index is 6.60. The van der Waals surface area contributed by atoms with Crippen LogP contribution in [0.25, 0.3) is 77.6 Å². The summed E-state index contributed by atoms with van der Waals surface area (Å²) < 4.78 is 6.16. The first kappa shape index (κ1) is 22.9. The fourth-order valence-corrected chi connectivity index (χ4v) is 5.66. The topological polar surface area (TPSA) is 51.8 Å². The average Bonchev–Trinajstić information content (AvgIpc) is 3.42. The van der Waals surface area contributed by atoms with Crippen LogP contribution in [0.4, 0.5) is 0 Å². The second-order valence-electron chi connectivity index (χ2n) is 9.79. The molecule has 0 saturated carbocycles. The normalized spacial score (nSPS) is 11.6. The van der Waals surface area contributed by atoms with E-state index in [1.807, 2.05) is 66.7 Å². The third-order valence-electron chi connectivity index (χ3n) is 7.39. The number of furan rings is 1. The van der Waals surface area contributed by atoms with Crippen LogP contribution in [0.5, 0.6) is 0 Å². The Balaban J connectivity index is 1.42. The SMILES string of the molecule is Clc1ccc(-c2nc(-c3ccccc3)nc(-c3ccc4ccc5ccccc5c4c3)n2)c2c1oc1ccccc12. The van der Waals surface area contributed by atoms with Crippen LogP contribution in [-0.2, 0) is 0 Å². The second kappa shape index (κ2) is 9.01. The molecule has 40 heavy (non-hydrogen) atoms. The summed E-state index contributed by atoms with van der Waals surface area (Å²) in [6.45, 7) is 0. The van der Waals surface area contributed by atoms with Gasteiger partial charge in [-0.15, -0.1) is 0 Å². The Morgan fingerprint density at radius 1 is 0.500 bits per heavy atom. The van der Waals surface area contributed by atoms with Crippen molar-refractivity contribution in [2.75, 3.05) is 0 Å². The summed E-state index contributed by atoms with van der Waals surface area (Å²) in [5, 5.41) is 7.14. The molecule has 0 radical (unpaired) electrons. The molecule has 8 rings (SSSR count). The second-order valence-corrected chi connectivity index (χ2v) is 10.2. The first-order valence-corrected chi connectivity index (χ1v) is 13.4. The first-order chi connectivity index (χ1) is 19.7. The number of hydrogen-bond acceptors (Lipinski definition) is 4. The van der Waals surface area contributed by atoms with Gasteiger partial charge in [-0.3, -0.25) is 0 Å². The maximum Gasteiger partial charge on any atom is 0.164 e. The van der Waals surface area contributed by atoms with Gasteiger partial charge in [0.05, 0.1) is 5.02 Å². The Kier molecular flexibility index (Phi) is 5.15. The first-order valence-electron chi connectivity index (χ1n) is 13.1. The van der Waals surface area contributed by atoms with Crippen LogP contribution in [0, 0.1) is 0 Å². The number of halogens is 1. The molecular weight excluding hydrogens is 514 g/mol. The van der Waals surface area contributed by atoms with Crippen molar-refractivity contribution in [1.82, 2.24) is 15.0 Å². The van der Waals surface area contributed by atoms with Gasteiger partial charge >= 0.3 is 0 Å². The van der Waals surface area contributed by atoms with E-state index < -0.39 is 0 Å². The van der Waals surface area contributed by atoms with Gasteiger partial charge in [0, 0.05) is 27.5 Å². The molecule has 0 atom stereocenters. The van der Waals surface area contributed by atoms with Crippen LogP contribution in [0.15, 0.2) is 126 Å². The Morgan fingerprint density at radius 2 is 1.15 bits per heavy atom. The molecular formula is C35H20ClN3O. The van der Waals surface area contributed by atoms with Gasteiger partial charge in [0.25, 0.3) is 0 Å². The van der Waals surface area contributed by atoms with E-state index in [0.29, 0.717) is 28.1 Å². The predicted molar refractivity (Wildman–Crippen MR) is 163 cm³/mol. The summed E-state index contributed by atoms with van der Waals surface area (Å²) >= 11 is 6.60. The molecule has 0 saturated heterocycles. The zero-order valence-corrected chi connectivity index (χ0v) is 21.9. The summed E-state index contributed by atoms with van der Waals surface area (Å²) in [4.78, 5) is 15.0. The molecule has 0 bridgehead atoms. The molecule has 0 aliphatic carbocycles.